The van der Waals surface area contributed by atoms with Crippen LogP contribution in [0.4, 0.5) is 11.4 Å². The van der Waals surface area contributed by atoms with E-state index < -0.39 is 0 Å². The number of hydrogen-bond acceptors (Lipinski definition) is 5. The smallest absolute Gasteiger partial charge is 0.255 e. The van der Waals surface area contributed by atoms with Gasteiger partial charge in [-0.1, -0.05) is 41.9 Å². The van der Waals surface area contributed by atoms with E-state index in [9.17, 15) is 9.59 Å². The highest BCUT2D eigenvalue weighted by Crippen LogP contribution is 2.36. The Hall–Kier alpha value is -3.55. The first-order chi connectivity index (χ1) is 16.3. The molecular formula is C26H28ClN3O4. The molecule has 178 valence electrons. The number of methoxy groups -OCH3 is 2. The largest absolute Gasteiger partial charge is 0.495 e. The molecule has 2 N–H and O–H groups in total. The van der Waals surface area contributed by atoms with Crippen LogP contribution in [0.3, 0.4) is 0 Å². The number of ether oxygens (including phenoxy) is 2. The molecule has 8 heteroatoms. The number of benzene rings is 3. The maximum atomic E-state index is 12.7. The number of hydrogen-bond donors (Lipinski definition) is 2. The topological polar surface area (TPSA) is 79.9 Å². The van der Waals surface area contributed by atoms with Crippen LogP contribution in [0, 0.1) is 0 Å². The van der Waals surface area contributed by atoms with Crippen molar-refractivity contribution in [1.82, 2.24) is 4.90 Å². The summed E-state index contributed by atoms with van der Waals surface area (Å²) >= 11 is 6.20. The van der Waals surface area contributed by atoms with Crippen molar-refractivity contribution in [1.29, 1.82) is 0 Å². The van der Waals surface area contributed by atoms with Crippen LogP contribution in [-0.2, 0) is 4.79 Å². The number of carbonyl (C=O) groups excluding carboxylic acids is 2. The fourth-order valence-electron chi connectivity index (χ4n) is 3.43. The summed E-state index contributed by atoms with van der Waals surface area (Å²) in [6.45, 7) is 2.13. The molecule has 0 heterocycles. The van der Waals surface area contributed by atoms with E-state index >= 15 is 0 Å². The standard InChI is InChI=1S/C26H28ClN3O4/c1-17(19-11-8-12-20(13-19)28-26(32)18-9-6-5-7-10-18)30(2)16-25(31)29-22-14-21(27)23(33-3)15-24(22)34-4/h5-15,17H,16H2,1-4H3,(H,28,32)(H,29,31). The Morgan fingerprint density at radius 3 is 2.32 bits per heavy atom. The van der Waals surface area contributed by atoms with Gasteiger partial charge in [-0.2, -0.15) is 0 Å². The Labute approximate surface area is 204 Å². The Kier molecular flexibility index (Phi) is 8.51. The molecule has 0 aliphatic heterocycles. The summed E-state index contributed by atoms with van der Waals surface area (Å²) in [5.74, 6) is 0.515. The molecule has 0 aromatic heterocycles. The number of amides is 2. The van der Waals surface area contributed by atoms with Gasteiger partial charge in [-0.05, 0) is 49.9 Å². The number of nitrogens with zero attached hydrogens (tertiary/aromatic N) is 1. The zero-order valence-corrected chi connectivity index (χ0v) is 20.3. The molecule has 3 rings (SSSR count). The van der Waals surface area contributed by atoms with Crippen LogP contribution in [0.25, 0.3) is 0 Å². The van der Waals surface area contributed by atoms with Gasteiger partial charge in [-0.15, -0.1) is 0 Å². The summed E-state index contributed by atoms with van der Waals surface area (Å²) in [6.07, 6.45) is 0. The number of halogens is 1. The third kappa shape index (κ3) is 6.27. The monoisotopic (exact) mass is 481 g/mol. The number of carbonyl (C=O) groups is 2. The van der Waals surface area contributed by atoms with E-state index in [2.05, 4.69) is 10.6 Å². The molecule has 3 aromatic carbocycles. The van der Waals surface area contributed by atoms with Gasteiger partial charge in [0.1, 0.15) is 11.5 Å². The van der Waals surface area contributed by atoms with Crippen LogP contribution >= 0.6 is 11.6 Å². The van der Waals surface area contributed by atoms with Crippen molar-refractivity contribution < 1.29 is 19.1 Å². The Bertz CT molecular complexity index is 1150. The Morgan fingerprint density at radius 2 is 1.65 bits per heavy atom. The molecule has 3 aromatic rings. The maximum Gasteiger partial charge on any atom is 0.255 e. The zero-order valence-electron chi connectivity index (χ0n) is 19.6. The van der Waals surface area contributed by atoms with E-state index in [-0.39, 0.29) is 24.4 Å². The highest BCUT2D eigenvalue weighted by Gasteiger charge is 2.18. The third-order valence-electron chi connectivity index (χ3n) is 5.47. The van der Waals surface area contributed by atoms with Crippen LogP contribution in [-0.4, -0.2) is 44.5 Å². The van der Waals surface area contributed by atoms with Crippen LogP contribution in [0.15, 0.2) is 66.7 Å². The van der Waals surface area contributed by atoms with Gasteiger partial charge in [0.2, 0.25) is 5.91 Å². The summed E-state index contributed by atoms with van der Waals surface area (Å²) in [7, 11) is 4.88. The van der Waals surface area contributed by atoms with Crippen LogP contribution in [0.5, 0.6) is 11.5 Å². The molecule has 0 radical (unpaired) electrons. The lowest BCUT2D eigenvalue weighted by Gasteiger charge is -2.25. The molecule has 0 aliphatic rings. The molecule has 1 atom stereocenters. The highest BCUT2D eigenvalue weighted by molar-refractivity contribution is 6.32. The zero-order chi connectivity index (χ0) is 24.7. The van der Waals surface area contributed by atoms with Gasteiger partial charge in [0, 0.05) is 23.4 Å². The summed E-state index contributed by atoms with van der Waals surface area (Å²) in [4.78, 5) is 27.1. The predicted octanol–water partition coefficient (Wildman–Crippen LogP) is 5.24. The van der Waals surface area contributed by atoms with Crippen LogP contribution < -0.4 is 20.1 Å². The minimum absolute atomic E-state index is 0.0827. The van der Waals surface area contributed by atoms with Gasteiger partial charge in [-0.25, -0.2) is 0 Å². The molecule has 34 heavy (non-hydrogen) atoms. The van der Waals surface area contributed by atoms with Gasteiger partial charge < -0.3 is 20.1 Å². The highest BCUT2D eigenvalue weighted by atomic mass is 35.5. The van der Waals surface area contributed by atoms with Gasteiger partial charge in [0.15, 0.2) is 0 Å². The first kappa shape index (κ1) is 25.1. The van der Waals surface area contributed by atoms with E-state index in [1.807, 2.05) is 61.3 Å². The lowest BCUT2D eigenvalue weighted by atomic mass is 10.1. The molecule has 1 unspecified atom stereocenters. The van der Waals surface area contributed by atoms with Crippen molar-refractivity contribution in [3.8, 4) is 11.5 Å². The predicted molar refractivity (Wildman–Crippen MR) is 135 cm³/mol. The first-order valence-electron chi connectivity index (χ1n) is 10.7. The Morgan fingerprint density at radius 1 is 0.941 bits per heavy atom. The normalized spacial score (nSPS) is 11.6. The number of rotatable bonds is 9. The van der Waals surface area contributed by atoms with Crippen molar-refractivity contribution >= 4 is 34.8 Å². The molecule has 0 saturated heterocycles. The molecule has 7 nitrogen and oxygen atoms in total. The maximum absolute atomic E-state index is 12.7. The van der Waals surface area contributed by atoms with Crippen molar-refractivity contribution in [2.75, 3.05) is 38.4 Å². The van der Waals surface area contributed by atoms with Crippen molar-refractivity contribution in [2.24, 2.45) is 0 Å². The summed E-state index contributed by atoms with van der Waals surface area (Å²) < 4.78 is 10.5. The van der Waals surface area contributed by atoms with E-state index in [1.54, 1.807) is 24.3 Å². The van der Waals surface area contributed by atoms with Gasteiger partial charge in [-0.3, -0.25) is 14.5 Å². The number of likely N-dealkylation sites (N-methyl/N-ethyl adjacent to an activating group) is 1. The second-order valence-electron chi connectivity index (χ2n) is 7.77. The second-order valence-corrected chi connectivity index (χ2v) is 8.18. The summed E-state index contributed by atoms with van der Waals surface area (Å²) in [5.41, 5.74) is 2.70. The fourth-order valence-corrected chi connectivity index (χ4v) is 3.68. The lowest BCUT2D eigenvalue weighted by molar-refractivity contribution is -0.117. The molecule has 0 fully saturated rings. The van der Waals surface area contributed by atoms with Crippen molar-refractivity contribution in [3.63, 3.8) is 0 Å². The van der Waals surface area contributed by atoms with E-state index in [0.717, 1.165) is 5.56 Å². The molecule has 2 amide bonds. The number of anilines is 2. The number of nitrogens with one attached hydrogen (secondary N) is 2. The molecule has 0 bridgehead atoms. The average molecular weight is 482 g/mol. The molecule has 0 spiro atoms. The van der Waals surface area contributed by atoms with Gasteiger partial charge in [0.05, 0.1) is 31.5 Å². The fraction of sp³-hybridized carbons (Fsp3) is 0.231. The summed E-state index contributed by atoms with van der Waals surface area (Å²) in [5, 5.41) is 6.13. The second kappa shape index (κ2) is 11.5. The molecule has 0 saturated carbocycles. The SMILES string of the molecule is COc1cc(OC)c(NC(=O)CN(C)C(C)c2cccc(NC(=O)c3ccccc3)c2)cc1Cl. The quantitative estimate of drug-likeness (QED) is 0.437. The Balaban J connectivity index is 1.65. The van der Waals surface area contributed by atoms with Crippen LogP contribution in [0.2, 0.25) is 5.02 Å². The van der Waals surface area contributed by atoms with E-state index in [1.165, 1.54) is 14.2 Å². The van der Waals surface area contributed by atoms with E-state index in [0.29, 0.717) is 33.5 Å². The average Bonchev–Trinajstić information content (AvgIpc) is 2.84. The minimum atomic E-state index is -0.220. The van der Waals surface area contributed by atoms with Crippen molar-refractivity contribution in [3.05, 3.63) is 82.9 Å². The van der Waals surface area contributed by atoms with Gasteiger partial charge in [0.25, 0.3) is 5.91 Å². The van der Waals surface area contributed by atoms with Crippen molar-refractivity contribution in [2.45, 2.75) is 13.0 Å². The summed E-state index contributed by atoms with van der Waals surface area (Å²) in [6, 6.07) is 19.8. The third-order valence-corrected chi connectivity index (χ3v) is 5.76. The van der Waals surface area contributed by atoms with Crippen LogP contribution in [0.1, 0.15) is 28.9 Å². The first-order valence-corrected chi connectivity index (χ1v) is 11.1. The van der Waals surface area contributed by atoms with Gasteiger partial charge >= 0.3 is 0 Å². The lowest BCUT2D eigenvalue weighted by Crippen LogP contribution is -2.32. The molecule has 0 aliphatic carbocycles. The molecular weight excluding hydrogens is 454 g/mol. The minimum Gasteiger partial charge on any atom is -0.495 e. The van der Waals surface area contributed by atoms with E-state index in [4.69, 9.17) is 21.1 Å².